The van der Waals surface area contributed by atoms with Crippen LogP contribution >= 0.6 is 0 Å². The Morgan fingerprint density at radius 3 is 3.00 bits per heavy atom. The van der Waals surface area contributed by atoms with E-state index in [1.54, 1.807) is 12.3 Å². The number of esters is 1. The number of nitrogen functional groups attached to an aromatic ring is 1. The van der Waals surface area contributed by atoms with E-state index < -0.39 is 5.97 Å². The second-order valence-electron chi connectivity index (χ2n) is 4.63. The van der Waals surface area contributed by atoms with Gasteiger partial charge in [0.1, 0.15) is 0 Å². The fourth-order valence-corrected chi connectivity index (χ4v) is 2.39. The minimum absolute atomic E-state index is 0.389. The molecule has 5 nitrogen and oxygen atoms in total. The Morgan fingerprint density at radius 2 is 2.33 bits per heavy atom. The molecule has 2 heterocycles. The van der Waals surface area contributed by atoms with Crippen LogP contribution in [0.15, 0.2) is 12.3 Å². The van der Waals surface area contributed by atoms with Gasteiger partial charge in [0.05, 0.1) is 18.4 Å². The summed E-state index contributed by atoms with van der Waals surface area (Å²) in [4.78, 5) is 18.1. The third-order valence-electron chi connectivity index (χ3n) is 3.45. The van der Waals surface area contributed by atoms with E-state index in [1.165, 1.54) is 13.5 Å². The second-order valence-corrected chi connectivity index (χ2v) is 4.63. The van der Waals surface area contributed by atoms with Crippen molar-refractivity contribution in [2.45, 2.75) is 32.2 Å². The minimum Gasteiger partial charge on any atom is -0.465 e. The summed E-state index contributed by atoms with van der Waals surface area (Å²) < 4.78 is 4.72. The first-order valence-electron chi connectivity index (χ1n) is 6.24. The van der Waals surface area contributed by atoms with Crippen LogP contribution in [-0.2, 0) is 4.74 Å². The molecule has 0 bridgehead atoms. The number of piperidine rings is 1. The van der Waals surface area contributed by atoms with Gasteiger partial charge in [0.2, 0.25) is 0 Å². The minimum atomic E-state index is -0.416. The van der Waals surface area contributed by atoms with E-state index in [2.05, 4.69) is 16.8 Å². The smallest absolute Gasteiger partial charge is 0.340 e. The lowest BCUT2D eigenvalue weighted by molar-refractivity contribution is 0.0602. The number of rotatable bonds is 2. The second kappa shape index (κ2) is 5.25. The Bertz CT molecular complexity index is 448. The maximum Gasteiger partial charge on any atom is 0.340 e. The molecule has 1 fully saturated rings. The summed E-state index contributed by atoms with van der Waals surface area (Å²) in [5.41, 5.74) is 6.85. The molecule has 2 N–H and O–H groups in total. The van der Waals surface area contributed by atoms with Crippen LogP contribution in [0, 0.1) is 0 Å². The van der Waals surface area contributed by atoms with Crippen molar-refractivity contribution in [2.24, 2.45) is 0 Å². The molecule has 18 heavy (non-hydrogen) atoms. The van der Waals surface area contributed by atoms with E-state index in [0.29, 0.717) is 23.1 Å². The third kappa shape index (κ3) is 2.25. The fraction of sp³-hybridized carbons (Fsp3) is 0.538. The molecule has 1 aliphatic heterocycles. The summed E-state index contributed by atoms with van der Waals surface area (Å²) in [7, 11) is 1.35. The zero-order valence-corrected chi connectivity index (χ0v) is 10.8. The molecule has 0 aromatic carbocycles. The van der Waals surface area contributed by atoms with E-state index >= 15 is 0 Å². The van der Waals surface area contributed by atoms with Crippen LogP contribution < -0.4 is 10.6 Å². The Kier molecular flexibility index (Phi) is 3.69. The average Bonchev–Trinajstić information content (AvgIpc) is 2.39. The maximum absolute atomic E-state index is 11.6. The summed E-state index contributed by atoms with van der Waals surface area (Å²) in [6.07, 6.45) is 5.10. The van der Waals surface area contributed by atoms with Crippen LogP contribution in [-0.4, -0.2) is 30.6 Å². The number of aromatic nitrogens is 1. The molecule has 1 aromatic heterocycles. The third-order valence-corrected chi connectivity index (χ3v) is 3.45. The summed E-state index contributed by atoms with van der Waals surface area (Å²) in [5.74, 6) is 0.283. The lowest BCUT2D eigenvalue weighted by Gasteiger charge is -2.35. The maximum atomic E-state index is 11.6. The van der Waals surface area contributed by atoms with Gasteiger partial charge in [-0.15, -0.1) is 0 Å². The number of hydrogen-bond acceptors (Lipinski definition) is 5. The first-order valence-corrected chi connectivity index (χ1v) is 6.24. The number of anilines is 2. The normalized spacial score (nSPS) is 19.7. The fourth-order valence-electron chi connectivity index (χ4n) is 2.39. The monoisotopic (exact) mass is 249 g/mol. The first-order chi connectivity index (χ1) is 8.65. The van der Waals surface area contributed by atoms with Crippen molar-refractivity contribution in [3.05, 3.63) is 17.8 Å². The number of ether oxygens (including phenoxy) is 1. The zero-order valence-electron chi connectivity index (χ0n) is 10.8. The standard InChI is InChI=1S/C13H19N3O2/c1-9-5-3-4-8-16(9)12-11(14)10(6-7-15-12)13(17)18-2/h6-7,9H,3-5,8,14H2,1-2H3. The van der Waals surface area contributed by atoms with Crippen LogP contribution in [0.5, 0.6) is 0 Å². The SMILES string of the molecule is COC(=O)c1ccnc(N2CCCCC2C)c1N. The lowest BCUT2D eigenvalue weighted by Crippen LogP contribution is -2.38. The van der Waals surface area contributed by atoms with Crippen LogP contribution in [0.2, 0.25) is 0 Å². The highest BCUT2D eigenvalue weighted by molar-refractivity contribution is 5.97. The van der Waals surface area contributed by atoms with Gasteiger partial charge in [-0.25, -0.2) is 9.78 Å². The molecule has 2 rings (SSSR count). The molecule has 1 saturated heterocycles. The van der Waals surface area contributed by atoms with Gasteiger partial charge in [0.15, 0.2) is 5.82 Å². The van der Waals surface area contributed by atoms with E-state index in [4.69, 9.17) is 10.5 Å². The highest BCUT2D eigenvalue weighted by Gasteiger charge is 2.24. The predicted octanol–water partition coefficient (Wildman–Crippen LogP) is 1.83. The molecule has 0 radical (unpaired) electrons. The Morgan fingerprint density at radius 1 is 1.56 bits per heavy atom. The van der Waals surface area contributed by atoms with E-state index in [-0.39, 0.29) is 0 Å². The van der Waals surface area contributed by atoms with Crippen molar-refractivity contribution in [2.75, 3.05) is 24.3 Å². The van der Waals surface area contributed by atoms with Gasteiger partial charge in [-0.3, -0.25) is 0 Å². The lowest BCUT2D eigenvalue weighted by atomic mass is 10.0. The van der Waals surface area contributed by atoms with E-state index in [1.807, 2.05) is 0 Å². The average molecular weight is 249 g/mol. The molecule has 1 atom stereocenters. The largest absolute Gasteiger partial charge is 0.465 e. The number of carbonyl (C=O) groups is 1. The highest BCUT2D eigenvalue weighted by atomic mass is 16.5. The van der Waals surface area contributed by atoms with Crippen LogP contribution in [0.1, 0.15) is 36.5 Å². The van der Waals surface area contributed by atoms with Gasteiger partial charge < -0.3 is 15.4 Å². The molecule has 1 unspecified atom stereocenters. The molecule has 0 amide bonds. The first kappa shape index (κ1) is 12.7. The summed E-state index contributed by atoms with van der Waals surface area (Å²) >= 11 is 0. The predicted molar refractivity (Wildman–Crippen MR) is 70.6 cm³/mol. The molecule has 1 aromatic rings. The highest BCUT2D eigenvalue weighted by Crippen LogP contribution is 2.29. The number of nitrogens with two attached hydrogens (primary N) is 1. The number of pyridine rings is 1. The molecule has 0 spiro atoms. The van der Waals surface area contributed by atoms with Crippen molar-refractivity contribution in [3.8, 4) is 0 Å². The van der Waals surface area contributed by atoms with Crippen molar-refractivity contribution in [1.29, 1.82) is 0 Å². The molecule has 1 aliphatic rings. The van der Waals surface area contributed by atoms with Gasteiger partial charge in [-0.05, 0) is 32.3 Å². The van der Waals surface area contributed by atoms with Gasteiger partial charge >= 0.3 is 5.97 Å². The van der Waals surface area contributed by atoms with Crippen molar-refractivity contribution >= 4 is 17.5 Å². The van der Waals surface area contributed by atoms with Gasteiger partial charge in [-0.2, -0.15) is 0 Å². The van der Waals surface area contributed by atoms with Crippen LogP contribution in [0.3, 0.4) is 0 Å². The summed E-state index contributed by atoms with van der Waals surface area (Å²) in [5, 5.41) is 0. The van der Waals surface area contributed by atoms with Gasteiger partial charge in [0, 0.05) is 18.8 Å². The molecule has 0 saturated carbocycles. The number of methoxy groups -OCH3 is 1. The van der Waals surface area contributed by atoms with Crippen molar-refractivity contribution in [3.63, 3.8) is 0 Å². The Hall–Kier alpha value is -1.78. The van der Waals surface area contributed by atoms with Crippen molar-refractivity contribution < 1.29 is 9.53 Å². The molecular formula is C13H19N3O2. The quantitative estimate of drug-likeness (QED) is 0.810. The summed E-state index contributed by atoms with van der Waals surface area (Å²) in [6.45, 7) is 3.09. The number of hydrogen-bond donors (Lipinski definition) is 1. The van der Waals surface area contributed by atoms with Crippen LogP contribution in [0.25, 0.3) is 0 Å². The molecule has 5 heteroatoms. The number of nitrogens with zero attached hydrogens (tertiary/aromatic N) is 2. The Labute approximate surface area is 107 Å². The van der Waals surface area contributed by atoms with Gasteiger partial charge in [0.25, 0.3) is 0 Å². The Balaban J connectivity index is 2.36. The molecular weight excluding hydrogens is 230 g/mol. The molecule has 0 aliphatic carbocycles. The molecule has 98 valence electrons. The van der Waals surface area contributed by atoms with Gasteiger partial charge in [-0.1, -0.05) is 0 Å². The van der Waals surface area contributed by atoms with Crippen molar-refractivity contribution in [1.82, 2.24) is 4.98 Å². The summed E-state index contributed by atoms with van der Waals surface area (Å²) in [6, 6.07) is 2.00. The zero-order chi connectivity index (χ0) is 13.1. The van der Waals surface area contributed by atoms with E-state index in [9.17, 15) is 4.79 Å². The van der Waals surface area contributed by atoms with E-state index in [0.717, 1.165) is 19.4 Å². The number of carbonyl (C=O) groups excluding carboxylic acids is 1. The van der Waals surface area contributed by atoms with Crippen LogP contribution in [0.4, 0.5) is 11.5 Å². The topological polar surface area (TPSA) is 68.5 Å².